The molecule has 3 aromatic rings. The topological polar surface area (TPSA) is 50.7 Å². The van der Waals surface area contributed by atoms with Crippen LogP contribution in [0.5, 0.6) is 0 Å². The van der Waals surface area contributed by atoms with Crippen LogP contribution in [0.4, 0.5) is 5.82 Å². The van der Waals surface area contributed by atoms with E-state index < -0.39 is 0 Å². The van der Waals surface area contributed by atoms with Gasteiger partial charge in [0.1, 0.15) is 12.1 Å². The molecule has 0 aliphatic heterocycles. The molecule has 90 valence electrons. The molecule has 0 bridgehead atoms. The molecule has 5 heteroatoms. The summed E-state index contributed by atoms with van der Waals surface area (Å²) in [5, 5.41) is 5.39. The zero-order valence-electron chi connectivity index (χ0n) is 9.92. The molecule has 0 fully saturated rings. The maximum absolute atomic E-state index is 4.30. The Morgan fingerprint density at radius 1 is 1.28 bits per heavy atom. The monoisotopic (exact) mass is 256 g/mol. The van der Waals surface area contributed by atoms with Gasteiger partial charge in [-0.1, -0.05) is 0 Å². The van der Waals surface area contributed by atoms with Crippen molar-refractivity contribution in [2.45, 2.75) is 13.5 Å². The molecule has 3 aromatic heterocycles. The van der Waals surface area contributed by atoms with E-state index in [2.05, 4.69) is 27.2 Å². The quantitative estimate of drug-likeness (QED) is 0.782. The first-order chi connectivity index (χ1) is 8.84. The summed E-state index contributed by atoms with van der Waals surface area (Å²) in [5.41, 5.74) is 3.40. The van der Waals surface area contributed by atoms with Crippen molar-refractivity contribution in [1.82, 2.24) is 15.0 Å². The molecule has 0 saturated carbocycles. The highest BCUT2D eigenvalue weighted by molar-refractivity contribution is 7.17. The van der Waals surface area contributed by atoms with Crippen molar-refractivity contribution in [2.24, 2.45) is 0 Å². The first-order valence-corrected chi connectivity index (χ1v) is 6.54. The molecule has 0 spiro atoms. The lowest BCUT2D eigenvalue weighted by atomic mass is 10.1. The van der Waals surface area contributed by atoms with E-state index in [-0.39, 0.29) is 0 Å². The summed E-state index contributed by atoms with van der Waals surface area (Å²) < 4.78 is 1.10. The van der Waals surface area contributed by atoms with Gasteiger partial charge in [-0.25, -0.2) is 9.97 Å². The number of thiophene rings is 1. The van der Waals surface area contributed by atoms with Crippen LogP contribution in [0.3, 0.4) is 0 Å². The molecule has 3 heterocycles. The van der Waals surface area contributed by atoms with Gasteiger partial charge in [0.2, 0.25) is 0 Å². The first kappa shape index (κ1) is 11.1. The molecule has 0 aliphatic carbocycles. The number of pyridine rings is 1. The third-order valence-electron chi connectivity index (χ3n) is 2.83. The molecule has 0 amide bonds. The maximum Gasteiger partial charge on any atom is 0.147 e. The van der Waals surface area contributed by atoms with Crippen LogP contribution in [-0.2, 0) is 6.54 Å². The number of fused-ring (bicyclic) bond motifs is 1. The van der Waals surface area contributed by atoms with E-state index >= 15 is 0 Å². The van der Waals surface area contributed by atoms with Gasteiger partial charge in [0.05, 0.1) is 10.2 Å². The fourth-order valence-corrected chi connectivity index (χ4v) is 2.61. The summed E-state index contributed by atoms with van der Waals surface area (Å²) in [5.74, 6) is 0.895. The van der Waals surface area contributed by atoms with Crippen molar-refractivity contribution < 1.29 is 0 Å². The fourth-order valence-electron chi connectivity index (χ4n) is 1.79. The van der Waals surface area contributed by atoms with Gasteiger partial charge >= 0.3 is 0 Å². The van der Waals surface area contributed by atoms with Crippen LogP contribution < -0.4 is 5.32 Å². The Balaban J connectivity index is 1.85. The van der Waals surface area contributed by atoms with Crippen LogP contribution in [-0.4, -0.2) is 15.0 Å². The van der Waals surface area contributed by atoms with Crippen LogP contribution in [0.2, 0.25) is 0 Å². The number of anilines is 1. The van der Waals surface area contributed by atoms with E-state index in [0.29, 0.717) is 0 Å². The van der Waals surface area contributed by atoms with Crippen LogP contribution in [0.15, 0.2) is 36.2 Å². The lowest BCUT2D eigenvalue weighted by Gasteiger charge is -2.08. The van der Waals surface area contributed by atoms with Gasteiger partial charge < -0.3 is 5.32 Å². The summed E-state index contributed by atoms with van der Waals surface area (Å²) in [6.45, 7) is 2.81. The second-order valence-corrected chi connectivity index (χ2v) is 4.93. The number of hydrogen-bond acceptors (Lipinski definition) is 5. The smallest absolute Gasteiger partial charge is 0.147 e. The second kappa shape index (κ2) is 4.70. The molecular weight excluding hydrogens is 244 g/mol. The number of aromatic nitrogens is 3. The van der Waals surface area contributed by atoms with Gasteiger partial charge in [0, 0.05) is 18.9 Å². The highest BCUT2D eigenvalue weighted by Crippen LogP contribution is 2.25. The standard InChI is InChI=1S/C13H12N4S/c1-9-6-14-4-2-10(9)7-15-13-12-11(3-5-18-12)16-8-17-13/h2-6,8H,7H2,1H3,(H,15,16,17). The van der Waals surface area contributed by atoms with Gasteiger partial charge in [-0.15, -0.1) is 11.3 Å². The van der Waals surface area contributed by atoms with E-state index in [1.54, 1.807) is 17.7 Å². The largest absolute Gasteiger partial charge is 0.365 e. The Kier molecular flexibility index (Phi) is 2.90. The average Bonchev–Trinajstić information content (AvgIpc) is 2.86. The lowest BCUT2D eigenvalue weighted by molar-refractivity contribution is 1.07. The predicted molar refractivity (Wildman–Crippen MR) is 73.7 cm³/mol. The number of rotatable bonds is 3. The Labute approximate surface area is 109 Å². The number of nitrogens with zero attached hydrogens (tertiary/aromatic N) is 3. The van der Waals surface area contributed by atoms with Crippen LogP contribution in [0.25, 0.3) is 10.2 Å². The first-order valence-electron chi connectivity index (χ1n) is 5.66. The summed E-state index contributed by atoms with van der Waals surface area (Å²) in [4.78, 5) is 12.6. The molecule has 3 rings (SSSR count). The Morgan fingerprint density at radius 3 is 3.11 bits per heavy atom. The molecule has 1 N–H and O–H groups in total. The highest BCUT2D eigenvalue weighted by Gasteiger charge is 2.05. The zero-order chi connectivity index (χ0) is 12.4. The van der Waals surface area contributed by atoms with Gasteiger partial charge in [-0.2, -0.15) is 0 Å². The van der Waals surface area contributed by atoms with Crippen LogP contribution in [0, 0.1) is 6.92 Å². The molecular formula is C13H12N4S. The Morgan fingerprint density at radius 2 is 2.22 bits per heavy atom. The van der Waals surface area contributed by atoms with Crippen molar-refractivity contribution in [2.75, 3.05) is 5.32 Å². The Hall–Kier alpha value is -2.01. The fraction of sp³-hybridized carbons (Fsp3) is 0.154. The van der Waals surface area contributed by atoms with E-state index in [1.165, 1.54) is 11.1 Å². The third kappa shape index (κ3) is 2.04. The average molecular weight is 256 g/mol. The summed E-state index contributed by atoms with van der Waals surface area (Å²) in [7, 11) is 0. The maximum atomic E-state index is 4.30. The zero-order valence-corrected chi connectivity index (χ0v) is 10.7. The van der Waals surface area contributed by atoms with Gasteiger partial charge in [-0.05, 0) is 35.6 Å². The number of nitrogens with one attached hydrogen (secondary N) is 1. The van der Waals surface area contributed by atoms with E-state index in [0.717, 1.165) is 22.6 Å². The number of aryl methyl sites for hydroxylation is 1. The van der Waals surface area contributed by atoms with Crippen molar-refractivity contribution >= 4 is 27.4 Å². The van der Waals surface area contributed by atoms with Crippen molar-refractivity contribution in [3.05, 3.63) is 47.4 Å². The van der Waals surface area contributed by atoms with E-state index in [9.17, 15) is 0 Å². The molecule has 0 unspecified atom stereocenters. The molecule has 0 aromatic carbocycles. The minimum Gasteiger partial charge on any atom is -0.365 e. The van der Waals surface area contributed by atoms with E-state index in [4.69, 9.17) is 0 Å². The molecule has 0 radical (unpaired) electrons. The molecule has 0 atom stereocenters. The van der Waals surface area contributed by atoms with Crippen LogP contribution >= 0.6 is 11.3 Å². The minimum atomic E-state index is 0.748. The van der Waals surface area contributed by atoms with Gasteiger partial charge in [-0.3, -0.25) is 4.98 Å². The Bertz CT molecular complexity index is 677. The van der Waals surface area contributed by atoms with Gasteiger partial charge in [0.25, 0.3) is 0 Å². The van der Waals surface area contributed by atoms with Crippen molar-refractivity contribution in [3.8, 4) is 0 Å². The van der Waals surface area contributed by atoms with Crippen molar-refractivity contribution in [3.63, 3.8) is 0 Å². The second-order valence-electron chi connectivity index (χ2n) is 4.01. The van der Waals surface area contributed by atoms with Crippen LogP contribution in [0.1, 0.15) is 11.1 Å². The van der Waals surface area contributed by atoms with E-state index in [1.807, 2.05) is 29.9 Å². The normalized spacial score (nSPS) is 10.7. The highest BCUT2D eigenvalue weighted by atomic mass is 32.1. The molecule has 18 heavy (non-hydrogen) atoms. The SMILES string of the molecule is Cc1cnccc1CNc1ncnc2ccsc12. The summed E-state index contributed by atoms with van der Waals surface area (Å²) >= 11 is 1.65. The van der Waals surface area contributed by atoms with Crippen molar-refractivity contribution in [1.29, 1.82) is 0 Å². The molecule has 0 aliphatic rings. The minimum absolute atomic E-state index is 0.748. The number of hydrogen-bond donors (Lipinski definition) is 1. The summed E-state index contributed by atoms with van der Waals surface area (Å²) in [6, 6.07) is 4.03. The third-order valence-corrected chi connectivity index (χ3v) is 3.74. The molecule has 4 nitrogen and oxygen atoms in total. The van der Waals surface area contributed by atoms with Gasteiger partial charge in [0.15, 0.2) is 0 Å². The lowest BCUT2D eigenvalue weighted by Crippen LogP contribution is -2.03. The molecule has 0 saturated heterocycles. The predicted octanol–water partition coefficient (Wildman–Crippen LogP) is 3.01. The summed E-state index contributed by atoms with van der Waals surface area (Å²) in [6.07, 6.45) is 5.28.